The number of hydrogen-bond donors (Lipinski definition) is 1. The molecule has 1 aromatic carbocycles. The van der Waals surface area contributed by atoms with E-state index in [9.17, 15) is 4.39 Å². The van der Waals surface area contributed by atoms with E-state index in [2.05, 4.69) is 39.9 Å². The van der Waals surface area contributed by atoms with Crippen LogP contribution in [0.4, 0.5) is 4.39 Å². The molecule has 0 aliphatic carbocycles. The van der Waals surface area contributed by atoms with Crippen LogP contribution in [0.25, 0.3) is 0 Å². The Morgan fingerprint density at radius 3 is 2.20 bits per heavy atom. The third-order valence-corrected chi connectivity index (χ3v) is 4.00. The number of hydrogen-bond acceptors (Lipinski definition) is 1. The molecule has 114 valence electrons. The molecule has 0 aliphatic rings. The molecule has 1 atom stereocenters. The molecule has 0 aromatic heterocycles. The van der Waals surface area contributed by atoms with E-state index < -0.39 is 0 Å². The minimum absolute atomic E-state index is 0.0669. The van der Waals surface area contributed by atoms with Gasteiger partial charge in [-0.05, 0) is 50.7 Å². The van der Waals surface area contributed by atoms with Gasteiger partial charge < -0.3 is 5.32 Å². The van der Waals surface area contributed by atoms with Crippen LogP contribution in [0.3, 0.4) is 0 Å². The van der Waals surface area contributed by atoms with E-state index in [0.29, 0.717) is 5.92 Å². The van der Waals surface area contributed by atoms with Crippen LogP contribution in [0.1, 0.15) is 65.4 Å². The van der Waals surface area contributed by atoms with Gasteiger partial charge in [0.15, 0.2) is 0 Å². The van der Waals surface area contributed by atoms with Crippen molar-refractivity contribution in [2.75, 3.05) is 6.54 Å². The van der Waals surface area contributed by atoms with Crippen LogP contribution in [-0.4, -0.2) is 12.1 Å². The Labute approximate surface area is 124 Å². The molecule has 0 bridgehead atoms. The molecule has 0 spiro atoms. The van der Waals surface area contributed by atoms with Gasteiger partial charge in [0.2, 0.25) is 0 Å². The summed E-state index contributed by atoms with van der Waals surface area (Å²) in [7, 11) is 0. The van der Waals surface area contributed by atoms with Crippen LogP contribution in [-0.2, 0) is 0 Å². The van der Waals surface area contributed by atoms with Crippen molar-refractivity contribution in [3.8, 4) is 0 Å². The van der Waals surface area contributed by atoms with Crippen molar-refractivity contribution in [2.24, 2.45) is 5.92 Å². The summed E-state index contributed by atoms with van der Waals surface area (Å²) in [5, 5.41) is 3.53. The molecular formula is C18H30FN. The number of halogens is 1. The standard InChI is InChI=1S/C18H30FN/c1-6-14(7-2)12-15(13-20-18(3,4)5)16-10-8-9-11-17(16)19/h8-11,14-15,20H,6-7,12-13H2,1-5H3. The lowest BCUT2D eigenvalue weighted by Gasteiger charge is -2.28. The van der Waals surface area contributed by atoms with E-state index in [1.807, 2.05) is 12.1 Å². The highest BCUT2D eigenvalue weighted by atomic mass is 19.1. The van der Waals surface area contributed by atoms with Crippen LogP contribution < -0.4 is 5.32 Å². The minimum atomic E-state index is -0.0702. The first-order valence-corrected chi connectivity index (χ1v) is 7.86. The number of benzene rings is 1. The molecule has 0 fully saturated rings. The zero-order valence-electron chi connectivity index (χ0n) is 13.7. The lowest BCUT2D eigenvalue weighted by Crippen LogP contribution is -2.39. The highest BCUT2D eigenvalue weighted by Gasteiger charge is 2.21. The zero-order valence-corrected chi connectivity index (χ0v) is 13.7. The molecular weight excluding hydrogens is 249 g/mol. The van der Waals surface area contributed by atoms with E-state index in [1.165, 1.54) is 0 Å². The van der Waals surface area contributed by atoms with E-state index in [1.54, 1.807) is 12.1 Å². The van der Waals surface area contributed by atoms with Gasteiger partial charge in [0, 0.05) is 12.1 Å². The Kier molecular flexibility index (Phi) is 6.67. The first-order chi connectivity index (χ1) is 9.37. The van der Waals surface area contributed by atoms with Crippen LogP contribution in [0.5, 0.6) is 0 Å². The summed E-state index contributed by atoms with van der Waals surface area (Å²) < 4.78 is 14.1. The summed E-state index contributed by atoms with van der Waals surface area (Å²) >= 11 is 0. The second-order valence-electron chi connectivity index (χ2n) is 6.77. The maximum atomic E-state index is 14.1. The Bertz CT molecular complexity index is 391. The van der Waals surface area contributed by atoms with Crippen molar-refractivity contribution in [2.45, 2.75) is 65.3 Å². The molecule has 0 saturated carbocycles. The van der Waals surface area contributed by atoms with Gasteiger partial charge in [0.1, 0.15) is 5.82 Å². The molecule has 2 heteroatoms. The summed E-state index contributed by atoms with van der Waals surface area (Å²) in [5.41, 5.74) is 0.924. The highest BCUT2D eigenvalue weighted by molar-refractivity contribution is 5.22. The van der Waals surface area contributed by atoms with E-state index in [4.69, 9.17) is 0 Å². The predicted octanol–water partition coefficient (Wildman–Crippen LogP) is 5.12. The largest absolute Gasteiger partial charge is 0.311 e. The first kappa shape index (κ1) is 17.2. The second-order valence-corrected chi connectivity index (χ2v) is 6.77. The molecule has 1 unspecified atom stereocenters. The summed E-state index contributed by atoms with van der Waals surface area (Å²) in [5.74, 6) is 0.848. The summed E-state index contributed by atoms with van der Waals surface area (Å²) in [6, 6.07) is 7.22. The van der Waals surface area contributed by atoms with Gasteiger partial charge in [-0.2, -0.15) is 0 Å². The topological polar surface area (TPSA) is 12.0 Å². The van der Waals surface area contributed by atoms with E-state index in [0.717, 1.165) is 31.4 Å². The van der Waals surface area contributed by atoms with E-state index in [-0.39, 0.29) is 17.3 Å². The summed E-state index contributed by atoms with van der Waals surface area (Å²) in [4.78, 5) is 0. The van der Waals surface area contributed by atoms with Crippen molar-refractivity contribution < 1.29 is 4.39 Å². The van der Waals surface area contributed by atoms with Crippen LogP contribution in [0.15, 0.2) is 24.3 Å². The van der Waals surface area contributed by atoms with Gasteiger partial charge in [-0.15, -0.1) is 0 Å². The van der Waals surface area contributed by atoms with Gasteiger partial charge in [0.25, 0.3) is 0 Å². The monoisotopic (exact) mass is 279 g/mol. The van der Waals surface area contributed by atoms with Crippen LogP contribution >= 0.6 is 0 Å². The Morgan fingerprint density at radius 2 is 1.70 bits per heavy atom. The van der Waals surface area contributed by atoms with Gasteiger partial charge in [-0.1, -0.05) is 44.9 Å². The molecule has 0 amide bonds. The van der Waals surface area contributed by atoms with E-state index >= 15 is 0 Å². The molecule has 1 rings (SSSR count). The van der Waals surface area contributed by atoms with Crippen molar-refractivity contribution in [1.82, 2.24) is 5.32 Å². The maximum Gasteiger partial charge on any atom is 0.126 e. The highest BCUT2D eigenvalue weighted by Crippen LogP contribution is 2.29. The Balaban J connectivity index is 2.86. The van der Waals surface area contributed by atoms with Crippen molar-refractivity contribution in [3.63, 3.8) is 0 Å². The minimum Gasteiger partial charge on any atom is -0.311 e. The Morgan fingerprint density at radius 1 is 1.10 bits per heavy atom. The fourth-order valence-corrected chi connectivity index (χ4v) is 2.58. The predicted molar refractivity (Wildman–Crippen MR) is 85.6 cm³/mol. The lowest BCUT2D eigenvalue weighted by molar-refractivity contribution is 0.351. The molecule has 0 aliphatic heterocycles. The summed E-state index contributed by atoms with van der Waals surface area (Å²) in [6.07, 6.45) is 3.38. The second kappa shape index (κ2) is 7.78. The molecule has 1 nitrogen and oxygen atoms in total. The smallest absolute Gasteiger partial charge is 0.126 e. The normalized spacial score (nSPS) is 13.8. The first-order valence-electron chi connectivity index (χ1n) is 7.86. The van der Waals surface area contributed by atoms with Crippen molar-refractivity contribution >= 4 is 0 Å². The maximum absolute atomic E-state index is 14.1. The Hall–Kier alpha value is -0.890. The van der Waals surface area contributed by atoms with Gasteiger partial charge in [0.05, 0.1) is 0 Å². The SMILES string of the molecule is CCC(CC)CC(CNC(C)(C)C)c1ccccc1F. The molecule has 1 N–H and O–H groups in total. The lowest BCUT2D eigenvalue weighted by atomic mass is 9.85. The number of nitrogens with one attached hydrogen (secondary N) is 1. The quantitative estimate of drug-likeness (QED) is 0.730. The van der Waals surface area contributed by atoms with Crippen molar-refractivity contribution in [3.05, 3.63) is 35.6 Å². The fourth-order valence-electron chi connectivity index (χ4n) is 2.58. The molecule has 0 radical (unpaired) electrons. The fraction of sp³-hybridized carbons (Fsp3) is 0.667. The average Bonchev–Trinajstić information content (AvgIpc) is 2.39. The molecule has 1 aromatic rings. The molecule has 0 heterocycles. The van der Waals surface area contributed by atoms with Gasteiger partial charge >= 0.3 is 0 Å². The number of rotatable bonds is 7. The molecule has 20 heavy (non-hydrogen) atoms. The van der Waals surface area contributed by atoms with Gasteiger partial charge in [-0.25, -0.2) is 4.39 Å². The van der Waals surface area contributed by atoms with Crippen LogP contribution in [0, 0.1) is 11.7 Å². The van der Waals surface area contributed by atoms with Crippen LogP contribution in [0.2, 0.25) is 0 Å². The molecule has 0 saturated heterocycles. The summed E-state index contributed by atoms with van der Waals surface area (Å²) in [6.45, 7) is 11.8. The third-order valence-electron chi connectivity index (χ3n) is 4.00. The van der Waals surface area contributed by atoms with Crippen molar-refractivity contribution in [1.29, 1.82) is 0 Å². The third kappa shape index (κ3) is 5.62. The average molecular weight is 279 g/mol. The zero-order chi connectivity index (χ0) is 15.2. The van der Waals surface area contributed by atoms with Gasteiger partial charge in [-0.3, -0.25) is 0 Å².